The van der Waals surface area contributed by atoms with Gasteiger partial charge in [-0.1, -0.05) is 48.5 Å². The van der Waals surface area contributed by atoms with E-state index in [0.29, 0.717) is 0 Å². The first-order chi connectivity index (χ1) is 8.65. The second-order valence-corrected chi connectivity index (χ2v) is 4.64. The summed E-state index contributed by atoms with van der Waals surface area (Å²) in [5.41, 5.74) is 4.23. The molecule has 0 nitrogen and oxygen atoms in total. The Morgan fingerprint density at radius 1 is 1.11 bits per heavy atom. The molecule has 0 aromatic heterocycles. The minimum atomic E-state index is -0.360. The summed E-state index contributed by atoms with van der Waals surface area (Å²) in [6.45, 7) is 8.15. The fourth-order valence-electron chi connectivity index (χ4n) is 1.88. The van der Waals surface area contributed by atoms with E-state index in [-0.39, 0.29) is 6.67 Å². The van der Waals surface area contributed by atoms with Gasteiger partial charge >= 0.3 is 0 Å². The van der Waals surface area contributed by atoms with Crippen LogP contribution in [0.15, 0.2) is 47.1 Å². The molecule has 0 aliphatic rings. The van der Waals surface area contributed by atoms with Crippen LogP contribution in [0, 0.1) is 0 Å². The molecule has 0 N–H and O–H groups in total. The summed E-state index contributed by atoms with van der Waals surface area (Å²) >= 11 is 0. The minimum absolute atomic E-state index is 0.360. The van der Waals surface area contributed by atoms with Gasteiger partial charge in [-0.05, 0) is 52.0 Å². The Labute approximate surface area is 112 Å². The second kappa shape index (κ2) is 11.0. The quantitative estimate of drug-likeness (QED) is 0.370. The number of rotatable bonds is 8. The molecule has 0 heterocycles. The molecule has 0 aliphatic heterocycles. The summed E-state index contributed by atoms with van der Waals surface area (Å²) in [5, 5.41) is 0. The van der Waals surface area contributed by atoms with E-state index in [1.165, 1.54) is 16.7 Å². The van der Waals surface area contributed by atoms with Crippen LogP contribution in [0.1, 0.15) is 53.4 Å². The van der Waals surface area contributed by atoms with E-state index >= 15 is 0 Å². The zero-order valence-electron chi connectivity index (χ0n) is 12.3. The van der Waals surface area contributed by atoms with Gasteiger partial charge < -0.3 is 0 Å². The molecule has 0 atom stereocenters. The highest BCUT2D eigenvalue weighted by molar-refractivity contribution is 5.29. The van der Waals surface area contributed by atoms with Crippen molar-refractivity contribution in [2.45, 2.75) is 53.4 Å². The third-order valence-electron chi connectivity index (χ3n) is 2.78. The average Bonchev–Trinajstić information content (AvgIpc) is 2.34. The van der Waals surface area contributed by atoms with Gasteiger partial charge in [0.15, 0.2) is 0 Å². The van der Waals surface area contributed by atoms with Crippen molar-refractivity contribution in [1.29, 1.82) is 0 Å². The van der Waals surface area contributed by atoms with Gasteiger partial charge in [0.2, 0.25) is 0 Å². The highest BCUT2D eigenvalue weighted by Crippen LogP contribution is 2.21. The molecule has 0 rings (SSSR count). The van der Waals surface area contributed by atoms with Crippen LogP contribution >= 0.6 is 0 Å². The monoisotopic (exact) mass is 250 g/mol. The fourth-order valence-corrected chi connectivity index (χ4v) is 1.88. The maximum absolute atomic E-state index is 12.0. The molecule has 102 valence electrons. The van der Waals surface area contributed by atoms with Crippen LogP contribution in [0.2, 0.25) is 0 Å². The molecule has 1 heteroatoms. The maximum atomic E-state index is 12.0. The Balaban J connectivity index is 4.86. The van der Waals surface area contributed by atoms with Gasteiger partial charge in [-0.25, -0.2) is 4.39 Å². The van der Waals surface area contributed by atoms with E-state index in [0.717, 1.165) is 25.7 Å². The molecule has 0 fully saturated rings. The summed E-state index contributed by atoms with van der Waals surface area (Å²) in [4.78, 5) is 0. The van der Waals surface area contributed by atoms with Crippen molar-refractivity contribution in [2.24, 2.45) is 0 Å². The Morgan fingerprint density at radius 2 is 1.83 bits per heavy atom. The molecule has 0 aromatic rings. The van der Waals surface area contributed by atoms with Gasteiger partial charge in [0.05, 0.1) is 0 Å². The molecule has 0 amide bonds. The number of alkyl halides is 1. The molecule has 0 aromatic carbocycles. The molecule has 0 spiro atoms. The summed E-state index contributed by atoms with van der Waals surface area (Å²) in [6, 6.07) is 0. The lowest BCUT2D eigenvalue weighted by Crippen LogP contribution is -1.90. The Hall–Kier alpha value is -1.11. The third-order valence-corrected chi connectivity index (χ3v) is 2.78. The highest BCUT2D eigenvalue weighted by atomic mass is 19.1. The zero-order chi connectivity index (χ0) is 13.8. The van der Waals surface area contributed by atoms with Crippen LogP contribution in [0.4, 0.5) is 4.39 Å². The molecular formula is C17H27F. The minimum Gasteiger partial charge on any atom is -0.247 e. The number of halogens is 1. The van der Waals surface area contributed by atoms with Crippen molar-refractivity contribution < 1.29 is 4.39 Å². The largest absolute Gasteiger partial charge is 0.247 e. The zero-order valence-corrected chi connectivity index (χ0v) is 12.3. The Morgan fingerprint density at radius 3 is 2.33 bits per heavy atom. The maximum Gasteiger partial charge on any atom is 0.108 e. The second-order valence-electron chi connectivity index (χ2n) is 4.64. The van der Waals surface area contributed by atoms with Crippen molar-refractivity contribution in [2.75, 3.05) is 6.67 Å². The first kappa shape index (κ1) is 16.9. The third kappa shape index (κ3) is 8.05. The fraction of sp³-hybridized carbons (Fsp3) is 0.529. The van der Waals surface area contributed by atoms with Crippen LogP contribution < -0.4 is 0 Å². The lowest BCUT2D eigenvalue weighted by Gasteiger charge is -2.10. The van der Waals surface area contributed by atoms with Crippen molar-refractivity contribution >= 4 is 0 Å². The lowest BCUT2D eigenvalue weighted by molar-refractivity contribution is 0.560. The van der Waals surface area contributed by atoms with Crippen molar-refractivity contribution in [3.63, 3.8) is 0 Å². The van der Waals surface area contributed by atoms with Gasteiger partial charge in [0.1, 0.15) is 6.67 Å². The molecule has 18 heavy (non-hydrogen) atoms. The number of hydrogen-bond donors (Lipinski definition) is 0. The smallest absolute Gasteiger partial charge is 0.108 e. The standard InChI is InChI=1S/C17H27F/c1-5-7-11-16(6-2)17(14-15(3)4)12-9-8-10-13-18/h5,7-8,10,14H,6,9,11-13H2,1-4H3/b7-5?,10-8-,17-16-. The molecule has 0 radical (unpaired) electrons. The Kier molecular flexibility index (Phi) is 10.3. The first-order valence-electron chi connectivity index (χ1n) is 6.83. The van der Waals surface area contributed by atoms with Crippen LogP contribution in [0.25, 0.3) is 0 Å². The van der Waals surface area contributed by atoms with E-state index in [4.69, 9.17) is 0 Å². The normalized spacial score (nSPS) is 13.2. The van der Waals surface area contributed by atoms with Crippen molar-refractivity contribution in [3.8, 4) is 0 Å². The molecule has 0 saturated carbocycles. The van der Waals surface area contributed by atoms with Crippen LogP contribution in [0.3, 0.4) is 0 Å². The van der Waals surface area contributed by atoms with Crippen molar-refractivity contribution in [3.05, 3.63) is 47.1 Å². The van der Waals surface area contributed by atoms with Crippen LogP contribution in [-0.2, 0) is 0 Å². The van der Waals surface area contributed by atoms with Gasteiger partial charge in [-0.3, -0.25) is 0 Å². The first-order valence-corrected chi connectivity index (χ1v) is 6.83. The summed E-state index contributed by atoms with van der Waals surface area (Å²) < 4.78 is 12.0. The summed E-state index contributed by atoms with van der Waals surface area (Å²) in [7, 11) is 0. The average molecular weight is 250 g/mol. The molecular weight excluding hydrogens is 223 g/mol. The summed E-state index contributed by atoms with van der Waals surface area (Å²) in [5.74, 6) is 0. The molecule has 0 unspecified atom stereocenters. The van der Waals surface area contributed by atoms with E-state index in [2.05, 4.69) is 45.9 Å². The van der Waals surface area contributed by atoms with Crippen molar-refractivity contribution in [1.82, 2.24) is 0 Å². The van der Waals surface area contributed by atoms with Crippen LogP contribution in [0.5, 0.6) is 0 Å². The molecule has 0 bridgehead atoms. The highest BCUT2D eigenvalue weighted by Gasteiger charge is 2.01. The van der Waals surface area contributed by atoms with Gasteiger partial charge in [-0.2, -0.15) is 0 Å². The molecule has 0 saturated heterocycles. The summed E-state index contributed by atoms with van der Waals surface area (Å²) in [6.07, 6.45) is 14.1. The molecule has 0 aliphatic carbocycles. The topological polar surface area (TPSA) is 0 Å². The number of allylic oxidation sites excluding steroid dienone is 8. The predicted molar refractivity (Wildman–Crippen MR) is 80.5 cm³/mol. The van der Waals surface area contributed by atoms with E-state index in [9.17, 15) is 4.39 Å². The van der Waals surface area contributed by atoms with Crippen LogP contribution in [-0.4, -0.2) is 6.67 Å². The van der Waals surface area contributed by atoms with E-state index in [1.807, 2.05) is 6.08 Å². The SMILES string of the molecule is CC=CC/C(CC)=C(\C=C(C)C)CC/C=C\CF. The van der Waals surface area contributed by atoms with Gasteiger partial charge in [0.25, 0.3) is 0 Å². The predicted octanol–water partition coefficient (Wildman–Crippen LogP) is 5.93. The van der Waals surface area contributed by atoms with E-state index < -0.39 is 0 Å². The lowest BCUT2D eigenvalue weighted by atomic mass is 9.96. The Bertz CT molecular complexity index is 326. The van der Waals surface area contributed by atoms with Gasteiger partial charge in [0, 0.05) is 0 Å². The number of hydrogen-bond acceptors (Lipinski definition) is 0. The van der Waals surface area contributed by atoms with Gasteiger partial charge in [-0.15, -0.1) is 0 Å². The van der Waals surface area contributed by atoms with E-state index in [1.54, 1.807) is 6.08 Å².